The molecule has 1 amide bonds. The van der Waals surface area contributed by atoms with E-state index in [4.69, 9.17) is 9.26 Å². The Morgan fingerprint density at radius 2 is 1.91 bits per heavy atom. The van der Waals surface area contributed by atoms with Crippen molar-refractivity contribution in [1.29, 1.82) is 0 Å². The van der Waals surface area contributed by atoms with Gasteiger partial charge < -0.3 is 14.7 Å². The van der Waals surface area contributed by atoms with Gasteiger partial charge in [-0.15, -0.1) is 0 Å². The number of aryl methyl sites for hydroxylation is 1. The van der Waals surface area contributed by atoms with Crippen LogP contribution < -0.4 is 5.09 Å². The highest BCUT2D eigenvalue weighted by Gasteiger charge is 2.37. The van der Waals surface area contributed by atoms with E-state index in [0.29, 0.717) is 32.2 Å². The fourth-order valence-corrected chi connectivity index (χ4v) is 6.16. The first-order valence-electron chi connectivity index (χ1n) is 12.4. The molecule has 1 saturated heterocycles. The summed E-state index contributed by atoms with van der Waals surface area (Å²) in [7, 11) is -3.63. The number of ether oxygens (including phenoxy) is 1. The number of carbonyl (C=O) groups excluding carboxylic acids is 2. The summed E-state index contributed by atoms with van der Waals surface area (Å²) in [6, 6.07) is 9.15. The Hall–Kier alpha value is -2.22. The SMILES string of the molecule is CCC(=O)O[C@@H](OP(=O)(CCCCc1ccccc1)NC1CCCCN(CC(=O)O)C1=O)C(C)C. The van der Waals surface area contributed by atoms with E-state index >= 15 is 0 Å². The lowest BCUT2D eigenvalue weighted by Crippen LogP contribution is -2.46. The van der Waals surface area contributed by atoms with Crippen LogP contribution in [-0.4, -0.2) is 59.4 Å². The molecule has 1 fully saturated rings. The molecule has 10 heteroatoms. The highest BCUT2D eigenvalue weighted by Crippen LogP contribution is 2.47. The summed E-state index contributed by atoms with van der Waals surface area (Å²) in [6.45, 7) is 5.22. The Bertz CT molecular complexity index is 878. The Kier molecular flexibility index (Phi) is 11.9. The van der Waals surface area contributed by atoms with Crippen LogP contribution in [0.1, 0.15) is 64.9 Å². The molecule has 9 nitrogen and oxygen atoms in total. The molecular weight excluding hydrogens is 471 g/mol. The molecule has 35 heavy (non-hydrogen) atoms. The lowest BCUT2D eigenvalue weighted by atomic mass is 10.1. The lowest BCUT2D eigenvalue weighted by molar-refractivity contribution is -0.169. The minimum atomic E-state index is -3.63. The van der Waals surface area contributed by atoms with Crippen LogP contribution in [0.5, 0.6) is 0 Å². The predicted molar refractivity (Wildman–Crippen MR) is 133 cm³/mol. The third-order valence-electron chi connectivity index (χ3n) is 5.82. The van der Waals surface area contributed by atoms with Gasteiger partial charge in [0.2, 0.25) is 12.2 Å². The predicted octanol–water partition coefficient (Wildman–Crippen LogP) is 4.21. The summed E-state index contributed by atoms with van der Waals surface area (Å²) in [6.07, 6.45) is 3.23. The number of unbranched alkanes of at least 4 members (excludes halogenated alkanes) is 1. The van der Waals surface area contributed by atoms with Gasteiger partial charge in [0.25, 0.3) is 7.52 Å². The van der Waals surface area contributed by atoms with Crippen molar-refractivity contribution in [3.05, 3.63) is 35.9 Å². The highest BCUT2D eigenvalue weighted by molar-refractivity contribution is 7.56. The fraction of sp³-hybridized carbons (Fsp3) is 0.640. The number of rotatable bonds is 14. The summed E-state index contributed by atoms with van der Waals surface area (Å²) in [5.74, 6) is -2.20. The van der Waals surface area contributed by atoms with Gasteiger partial charge in [-0.2, -0.15) is 0 Å². The molecule has 0 radical (unpaired) electrons. The number of carboxylic acids is 1. The molecule has 0 saturated carbocycles. The van der Waals surface area contributed by atoms with Crippen LogP contribution in [0.25, 0.3) is 0 Å². The molecule has 0 bridgehead atoms. The van der Waals surface area contributed by atoms with Crippen LogP contribution in [0.3, 0.4) is 0 Å². The Morgan fingerprint density at radius 3 is 2.54 bits per heavy atom. The summed E-state index contributed by atoms with van der Waals surface area (Å²) < 4.78 is 25.4. The zero-order chi connectivity index (χ0) is 25.8. The molecule has 1 aliphatic rings. The van der Waals surface area contributed by atoms with Crippen molar-refractivity contribution in [3.63, 3.8) is 0 Å². The minimum absolute atomic E-state index is 0.159. The molecule has 2 unspecified atom stereocenters. The average Bonchev–Trinajstić information content (AvgIpc) is 2.98. The second kappa shape index (κ2) is 14.4. The van der Waals surface area contributed by atoms with E-state index in [9.17, 15) is 24.1 Å². The molecule has 2 rings (SSSR count). The second-order valence-electron chi connectivity index (χ2n) is 9.23. The van der Waals surface area contributed by atoms with E-state index in [1.54, 1.807) is 20.8 Å². The van der Waals surface area contributed by atoms with Crippen molar-refractivity contribution in [3.8, 4) is 0 Å². The standard InChI is InChI=1S/C25H39N2O7P/c1-4-23(30)33-25(19(2)3)34-35(32,17-11-9-14-20-12-6-5-7-13-20)26-21-15-8-10-16-27(24(21)31)18-22(28)29/h5-7,12-13,19,21,25H,4,8-11,14-18H2,1-3H3,(H,26,32)(H,28,29)/t21?,25-,35?/m0/s1. The number of hydrogen-bond donors (Lipinski definition) is 2. The van der Waals surface area contributed by atoms with Crippen LogP contribution in [-0.2, 0) is 34.6 Å². The van der Waals surface area contributed by atoms with Crippen LogP contribution in [0.15, 0.2) is 30.3 Å². The van der Waals surface area contributed by atoms with E-state index < -0.39 is 44.2 Å². The topological polar surface area (TPSA) is 122 Å². The van der Waals surface area contributed by atoms with Gasteiger partial charge in [0, 0.05) is 25.0 Å². The first-order chi connectivity index (χ1) is 16.6. The van der Waals surface area contributed by atoms with Gasteiger partial charge in [-0.25, -0.2) is 5.09 Å². The molecule has 1 aromatic rings. The van der Waals surface area contributed by atoms with Gasteiger partial charge >= 0.3 is 11.9 Å². The number of likely N-dealkylation sites (tertiary alicyclic amines) is 1. The molecule has 3 atom stereocenters. The Morgan fingerprint density at radius 1 is 1.20 bits per heavy atom. The van der Waals surface area contributed by atoms with Crippen molar-refractivity contribution >= 4 is 25.4 Å². The molecule has 0 aromatic heterocycles. The monoisotopic (exact) mass is 510 g/mol. The van der Waals surface area contributed by atoms with Crippen molar-refractivity contribution < 1.29 is 33.3 Å². The maximum Gasteiger partial charge on any atom is 0.323 e. The van der Waals surface area contributed by atoms with Gasteiger partial charge in [0.05, 0.1) is 6.04 Å². The van der Waals surface area contributed by atoms with E-state index in [-0.39, 0.29) is 18.5 Å². The first kappa shape index (κ1) is 29.0. The fourth-order valence-electron chi connectivity index (χ4n) is 3.88. The molecule has 1 aromatic carbocycles. The van der Waals surface area contributed by atoms with Gasteiger partial charge in [-0.1, -0.05) is 51.1 Å². The number of nitrogens with one attached hydrogen (secondary N) is 1. The van der Waals surface area contributed by atoms with Crippen molar-refractivity contribution in [1.82, 2.24) is 9.99 Å². The number of nitrogens with zero attached hydrogens (tertiary/aromatic N) is 1. The normalized spacial score (nSPS) is 19.1. The number of carbonyl (C=O) groups is 3. The molecule has 1 heterocycles. The Labute approximate surface area is 208 Å². The summed E-state index contributed by atoms with van der Waals surface area (Å²) in [5.41, 5.74) is 1.18. The number of amides is 1. The minimum Gasteiger partial charge on any atom is -0.480 e. The molecule has 1 aliphatic heterocycles. The maximum atomic E-state index is 14.1. The van der Waals surface area contributed by atoms with E-state index in [1.807, 2.05) is 30.3 Å². The smallest absolute Gasteiger partial charge is 0.323 e. The van der Waals surface area contributed by atoms with Crippen LogP contribution in [0, 0.1) is 5.92 Å². The lowest BCUT2D eigenvalue weighted by Gasteiger charge is -2.31. The summed E-state index contributed by atoms with van der Waals surface area (Å²) >= 11 is 0. The first-order valence-corrected chi connectivity index (χ1v) is 14.2. The quantitative estimate of drug-likeness (QED) is 0.165. The molecule has 0 spiro atoms. The van der Waals surface area contributed by atoms with Crippen molar-refractivity contribution in [2.24, 2.45) is 5.92 Å². The van der Waals surface area contributed by atoms with Gasteiger partial charge in [-0.05, 0) is 44.1 Å². The number of benzene rings is 1. The molecule has 196 valence electrons. The summed E-state index contributed by atoms with van der Waals surface area (Å²) in [4.78, 5) is 37.5. The van der Waals surface area contributed by atoms with Crippen molar-refractivity contribution in [2.75, 3.05) is 19.3 Å². The molecule has 0 aliphatic carbocycles. The zero-order valence-corrected chi connectivity index (χ0v) is 21.9. The third kappa shape index (κ3) is 10.1. The van der Waals surface area contributed by atoms with Gasteiger partial charge in [0.15, 0.2) is 0 Å². The van der Waals surface area contributed by atoms with Gasteiger partial charge in [0.1, 0.15) is 6.54 Å². The van der Waals surface area contributed by atoms with Gasteiger partial charge in [-0.3, -0.25) is 23.5 Å². The van der Waals surface area contributed by atoms with E-state index in [1.165, 1.54) is 10.5 Å². The number of hydrogen-bond acceptors (Lipinski definition) is 6. The largest absolute Gasteiger partial charge is 0.480 e. The maximum absolute atomic E-state index is 14.1. The van der Waals surface area contributed by atoms with Crippen molar-refractivity contribution in [2.45, 2.75) is 78.0 Å². The number of esters is 1. The molecule has 2 N–H and O–H groups in total. The van der Waals surface area contributed by atoms with Crippen LogP contribution >= 0.6 is 7.52 Å². The highest BCUT2D eigenvalue weighted by atomic mass is 31.2. The molecular formula is C25H39N2O7P. The number of aliphatic carboxylic acids is 1. The van der Waals surface area contributed by atoms with Crippen LogP contribution in [0.2, 0.25) is 0 Å². The third-order valence-corrected chi connectivity index (χ3v) is 7.98. The summed E-state index contributed by atoms with van der Waals surface area (Å²) in [5, 5.41) is 12.1. The van der Waals surface area contributed by atoms with Crippen LogP contribution in [0.4, 0.5) is 0 Å². The average molecular weight is 511 g/mol. The number of carboxylic acid groups (broad SMARTS) is 1. The van der Waals surface area contributed by atoms with E-state index in [0.717, 1.165) is 12.8 Å². The van der Waals surface area contributed by atoms with E-state index in [2.05, 4.69) is 5.09 Å². The zero-order valence-electron chi connectivity index (χ0n) is 21.0. The Balaban J connectivity index is 2.16. The second-order valence-corrected chi connectivity index (χ2v) is 11.5.